The number of hydrogen-bond acceptors (Lipinski definition) is 6. The van der Waals surface area contributed by atoms with Crippen LogP contribution in [0.15, 0.2) is 53.6 Å². The first-order valence-corrected chi connectivity index (χ1v) is 6.77. The standard InChI is InChI=1S/C16H13N3O5/c1-24-16(21)12-7-5-11(6-8-12)10-17-18-15(20)13-3-2-4-14(9-13)19(22)23/h2-10H,1H3,(H,18,20)/b17-10+. The number of benzene rings is 2. The van der Waals surface area contributed by atoms with Crippen molar-refractivity contribution < 1.29 is 19.2 Å². The van der Waals surface area contributed by atoms with Crippen LogP contribution < -0.4 is 5.43 Å². The molecule has 1 amide bonds. The van der Waals surface area contributed by atoms with Crippen molar-refractivity contribution in [2.45, 2.75) is 0 Å². The average molecular weight is 327 g/mol. The second kappa shape index (κ2) is 7.63. The molecular formula is C16H13N3O5. The number of nitro benzene ring substituents is 1. The molecule has 0 aliphatic heterocycles. The highest BCUT2D eigenvalue weighted by atomic mass is 16.6. The molecule has 0 aromatic heterocycles. The van der Waals surface area contributed by atoms with Crippen molar-refractivity contribution in [3.63, 3.8) is 0 Å². The molecule has 0 aliphatic carbocycles. The molecule has 122 valence electrons. The van der Waals surface area contributed by atoms with Crippen molar-refractivity contribution in [3.8, 4) is 0 Å². The molecule has 0 radical (unpaired) electrons. The predicted octanol–water partition coefficient (Wildman–Crippen LogP) is 2.15. The Morgan fingerprint density at radius 2 is 1.88 bits per heavy atom. The minimum absolute atomic E-state index is 0.127. The number of carbonyl (C=O) groups is 2. The van der Waals surface area contributed by atoms with Crippen LogP contribution in [0.1, 0.15) is 26.3 Å². The van der Waals surface area contributed by atoms with Gasteiger partial charge in [0.2, 0.25) is 0 Å². The molecular weight excluding hydrogens is 314 g/mol. The third-order valence-electron chi connectivity index (χ3n) is 3.03. The van der Waals surface area contributed by atoms with Crippen LogP contribution >= 0.6 is 0 Å². The molecule has 0 heterocycles. The molecule has 0 aliphatic rings. The molecule has 8 nitrogen and oxygen atoms in total. The summed E-state index contributed by atoms with van der Waals surface area (Å²) in [4.78, 5) is 33.3. The lowest BCUT2D eigenvalue weighted by atomic mass is 10.1. The van der Waals surface area contributed by atoms with Crippen LogP contribution in [0.2, 0.25) is 0 Å². The first-order chi connectivity index (χ1) is 11.5. The Bertz CT molecular complexity index is 800. The summed E-state index contributed by atoms with van der Waals surface area (Å²) < 4.78 is 4.59. The van der Waals surface area contributed by atoms with E-state index in [1.54, 1.807) is 24.3 Å². The number of carbonyl (C=O) groups excluding carboxylic acids is 2. The number of esters is 1. The van der Waals surface area contributed by atoms with E-state index in [4.69, 9.17) is 0 Å². The minimum Gasteiger partial charge on any atom is -0.465 e. The number of nitro groups is 1. The molecule has 0 unspecified atom stereocenters. The van der Waals surface area contributed by atoms with Crippen molar-refractivity contribution in [2.75, 3.05) is 7.11 Å². The van der Waals surface area contributed by atoms with Gasteiger partial charge in [0.15, 0.2) is 0 Å². The van der Waals surface area contributed by atoms with Gasteiger partial charge in [0, 0.05) is 17.7 Å². The van der Waals surface area contributed by atoms with E-state index < -0.39 is 16.8 Å². The zero-order chi connectivity index (χ0) is 17.5. The normalized spacial score (nSPS) is 10.4. The molecule has 8 heteroatoms. The Hall–Kier alpha value is -3.55. The van der Waals surface area contributed by atoms with Crippen LogP contribution in [0.4, 0.5) is 5.69 Å². The van der Waals surface area contributed by atoms with E-state index in [0.717, 1.165) is 6.07 Å². The van der Waals surface area contributed by atoms with E-state index in [-0.39, 0.29) is 11.3 Å². The van der Waals surface area contributed by atoms with Gasteiger partial charge in [-0.25, -0.2) is 10.2 Å². The van der Waals surface area contributed by atoms with Crippen molar-refractivity contribution >= 4 is 23.8 Å². The lowest BCUT2D eigenvalue weighted by molar-refractivity contribution is -0.384. The molecule has 0 fully saturated rings. The van der Waals surface area contributed by atoms with Gasteiger partial charge in [0.1, 0.15) is 0 Å². The SMILES string of the molecule is COC(=O)c1ccc(/C=N/NC(=O)c2cccc([N+](=O)[O-])c2)cc1. The summed E-state index contributed by atoms with van der Waals surface area (Å²) in [6.07, 6.45) is 1.39. The van der Waals surface area contributed by atoms with Crippen molar-refractivity contribution in [2.24, 2.45) is 5.10 Å². The summed E-state index contributed by atoms with van der Waals surface area (Å²) in [5.74, 6) is -1.02. The van der Waals surface area contributed by atoms with Gasteiger partial charge in [-0.2, -0.15) is 5.10 Å². The van der Waals surface area contributed by atoms with Crippen LogP contribution in [-0.2, 0) is 4.74 Å². The summed E-state index contributed by atoms with van der Waals surface area (Å²) in [5.41, 5.74) is 3.28. The molecule has 0 atom stereocenters. The molecule has 0 spiro atoms. The zero-order valence-corrected chi connectivity index (χ0v) is 12.6. The van der Waals surface area contributed by atoms with E-state index in [0.29, 0.717) is 11.1 Å². The number of hydrogen-bond donors (Lipinski definition) is 1. The lowest BCUT2D eigenvalue weighted by Gasteiger charge is -2.01. The zero-order valence-electron chi connectivity index (χ0n) is 12.6. The van der Waals surface area contributed by atoms with Crippen LogP contribution in [0, 0.1) is 10.1 Å². The van der Waals surface area contributed by atoms with Gasteiger partial charge in [-0.15, -0.1) is 0 Å². The van der Waals surface area contributed by atoms with E-state index in [1.807, 2.05) is 0 Å². The third kappa shape index (κ3) is 4.23. The second-order valence-electron chi connectivity index (χ2n) is 4.62. The summed E-state index contributed by atoms with van der Waals surface area (Å²) in [6.45, 7) is 0. The lowest BCUT2D eigenvalue weighted by Crippen LogP contribution is -2.17. The minimum atomic E-state index is -0.580. The molecule has 0 saturated heterocycles. The topological polar surface area (TPSA) is 111 Å². The molecule has 1 N–H and O–H groups in total. The van der Waals surface area contributed by atoms with Gasteiger partial charge in [0.05, 0.1) is 23.8 Å². The second-order valence-corrected chi connectivity index (χ2v) is 4.62. The van der Waals surface area contributed by atoms with Crippen LogP contribution in [-0.4, -0.2) is 30.1 Å². The van der Waals surface area contributed by atoms with Crippen LogP contribution in [0.3, 0.4) is 0 Å². The fraction of sp³-hybridized carbons (Fsp3) is 0.0625. The fourth-order valence-corrected chi connectivity index (χ4v) is 1.81. The van der Waals surface area contributed by atoms with E-state index >= 15 is 0 Å². The molecule has 0 saturated carbocycles. The highest BCUT2D eigenvalue weighted by Gasteiger charge is 2.10. The van der Waals surface area contributed by atoms with Gasteiger partial charge in [-0.1, -0.05) is 18.2 Å². The van der Waals surface area contributed by atoms with E-state index in [2.05, 4.69) is 15.3 Å². The quantitative estimate of drug-likeness (QED) is 0.391. The first-order valence-electron chi connectivity index (χ1n) is 6.77. The number of rotatable bonds is 5. The maximum Gasteiger partial charge on any atom is 0.337 e. The Morgan fingerprint density at radius 1 is 1.17 bits per heavy atom. The number of methoxy groups -OCH3 is 1. The van der Waals surface area contributed by atoms with E-state index in [1.165, 1.54) is 31.5 Å². The Labute approximate surface area is 136 Å². The molecule has 24 heavy (non-hydrogen) atoms. The number of amides is 1. The maximum absolute atomic E-state index is 11.9. The van der Waals surface area contributed by atoms with Crippen molar-refractivity contribution in [3.05, 3.63) is 75.3 Å². The van der Waals surface area contributed by atoms with E-state index in [9.17, 15) is 19.7 Å². The molecule has 0 bridgehead atoms. The molecule has 2 aromatic rings. The van der Waals surface area contributed by atoms with Gasteiger partial charge >= 0.3 is 5.97 Å². The number of nitrogens with one attached hydrogen (secondary N) is 1. The number of ether oxygens (including phenoxy) is 1. The monoisotopic (exact) mass is 327 g/mol. The summed E-state index contributed by atoms with van der Waals surface area (Å²) in [5, 5.41) is 14.5. The Balaban J connectivity index is 2.00. The summed E-state index contributed by atoms with van der Waals surface area (Å²) in [6, 6.07) is 11.7. The highest BCUT2D eigenvalue weighted by molar-refractivity contribution is 5.95. The fourth-order valence-electron chi connectivity index (χ4n) is 1.81. The average Bonchev–Trinajstić information content (AvgIpc) is 2.61. The third-order valence-corrected chi connectivity index (χ3v) is 3.03. The first kappa shape index (κ1) is 16.8. The van der Waals surface area contributed by atoms with Crippen molar-refractivity contribution in [1.82, 2.24) is 5.43 Å². The van der Waals surface area contributed by atoms with Crippen LogP contribution in [0.5, 0.6) is 0 Å². The predicted molar refractivity (Wildman–Crippen MR) is 85.9 cm³/mol. The number of non-ortho nitro benzene ring substituents is 1. The van der Waals surface area contributed by atoms with Crippen molar-refractivity contribution in [1.29, 1.82) is 0 Å². The smallest absolute Gasteiger partial charge is 0.337 e. The number of nitrogens with zero attached hydrogens (tertiary/aromatic N) is 2. The maximum atomic E-state index is 11.9. The van der Waals surface area contributed by atoms with Gasteiger partial charge in [-0.3, -0.25) is 14.9 Å². The Morgan fingerprint density at radius 3 is 2.50 bits per heavy atom. The largest absolute Gasteiger partial charge is 0.465 e. The Kier molecular flexibility index (Phi) is 5.35. The van der Waals surface area contributed by atoms with Gasteiger partial charge in [0.25, 0.3) is 11.6 Å². The van der Waals surface area contributed by atoms with Crippen LogP contribution in [0.25, 0.3) is 0 Å². The highest BCUT2D eigenvalue weighted by Crippen LogP contribution is 2.12. The summed E-state index contributed by atoms with van der Waals surface area (Å²) in [7, 11) is 1.29. The molecule has 2 aromatic carbocycles. The van der Waals surface area contributed by atoms with Gasteiger partial charge in [-0.05, 0) is 23.8 Å². The van der Waals surface area contributed by atoms with Gasteiger partial charge < -0.3 is 4.74 Å². The summed E-state index contributed by atoms with van der Waals surface area (Å²) >= 11 is 0. The molecule has 2 rings (SSSR count). The number of hydrazone groups is 1.